The number of hydrogen-bond acceptors (Lipinski definition) is 5. The smallest absolute Gasteiger partial charge is 0.229 e. The topological polar surface area (TPSA) is 59.1 Å². The predicted molar refractivity (Wildman–Crippen MR) is 97.4 cm³/mol. The lowest BCUT2D eigenvalue weighted by molar-refractivity contribution is 0.416. The molecular weight excluding hydrogens is 338 g/mol. The average molecular weight is 356 g/mol. The summed E-state index contributed by atoms with van der Waals surface area (Å²) in [5, 5.41) is 5.76. The fourth-order valence-electron chi connectivity index (χ4n) is 2.48. The van der Waals surface area contributed by atoms with Crippen molar-refractivity contribution in [2.75, 3.05) is 17.7 Å². The second-order valence-electron chi connectivity index (χ2n) is 5.77. The van der Waals surface area contributed by atoms with E-state index < -0.39 is 11.6 Å². The fraction of sp³-hybridized carbons (Fsp3) is 0.158. The zero-order valence-electron chi connectivity index (χ0n) is 14.6. The van der Waals surface area contributed by atoms with Gasteiger partial charge in [0.25, 0.3) is 0 Å². The van der Waals surface area contributed by atoms with Crippen LogP contribution in [0, 0.1) is 25.5 Å². The summed E-state index contributed by atoms with van der Waals surface area (Å²) < 4.78 is 33.0. The first-order valence-corrected chi connectivity index (χ1v) is 7.94. The van der Waals surface area contributed by atoms with Crippen molar-refractivity contribution < 1.29 is 13.5 Å². The SMILES string of the molecule is COc1ccc(C)cc1Nc1cc(C)nc(Nc2c(F)cccc2F)n1. The van der Waals surface area contributed by atoms with Crippen LogP contribution < -0.4 is 15.4 Å². The van der Waals surface area contributed by atoms with E-state index in [1.165, 1.54) is 6.07 Å². The summed E-state index contributed by atoms with van der Waals surface area (Å²) in [6.07, 6.45) is 0. The number of para-hydroxylation sites is 1. The van der Waals surface area contributed by atoms with Gasteiger partial charge in [-0.15, -0.1) is 0 Å². The van der Waals surface area contributed by atoms with Crippen LogP contribution in [0.1, 0.15) is 11.3 Å². The van der Waals surface area contributed by atoms with Gasteiger partial charge in [-0.3, -0.25) is 0 Å². The first-order chi connectivity index (χ1) is 12.5. The van der Waals surface area contributed by atoms with Crippen LogP contribution in [-0.4, -0.2) is 17.1 Å². The number of ether oxygens (including phenoxy) is 1. The second-order valence-corrected chi connectivity index (χ2v) is 5.77. The average Bonchev–Trinajstić information content (AvgIpc) is 2.58. The Bertz CT molecular complexity index is 927. The number of aromatic nitrogens is 2. The van der Waals surface area contributed by atoms with Gasteiger partial charge in [-0.2, -0.15) is 4.98 Å². The van der Waals surface area contributed by atoms with Crippen molar-refractivity contribution in [3.63, 3.8) is 0 Å². The summed E-state index contributed by atoms with van der Waals surface area (Å²) in [7, 11) is 1.58. The molecule has 2 aromatic carbocycles. The summed E-state index contributed by atoms with van der Waals surface area (Å²) >= 11 is 0. The Morgan fingerprint density at radius 3 is 2.35 bits per heavy atom. The molecular formula is C19H18F2N4O. The van der Waals surface area contributed by atoms with Crippen LogP contribution in [0.4, 0.5) is 31.9 Å². The van der Waals surface area contributed by atoms with Gasteiger partial charge in [-0.1, -0.05) is 12.1 Å². The van der Waals surface area contributed by atoms with Crippen molar-refractivity contribution in [2.24, 2.45) is 0 Å². The molecule has 1 aromatic heterocycles. The van der Waals surface area contributed by atoms with Crippen LogP contribution >= 0.6 is 0 Å². The fourth-order valence-corrected chi connectivity index (χ4v) is 2.48. The molecule has 0 aliphatic carbocycles. The molecule has 26 heavy (non-hydrogen) atoms. The Hall–Kier alpha value is -3.22. The molecule has 0 unspecified atom stereocenters. The van der Waals surface area contributed by atoms with Gasteiger partial charge in [0.2, 0.25) is 5.95 Å². The molecule has 0 radical (unpaired) electrons. The summed E-state index contributed by atoms with van der Waals surface area (Å²) in [5.41, 5.74) is 2.12. The van der Waals surface area contributed by atoms with E-state index in [0.29, 0.717) is 17.3 Å². The normalized spacial score (nSPS) is 10.5. The highest BCUT2D eigenvalue weighted by atomic mass is 19.1. The third kappa shape index (κ3) is 3.88. The van der Waals surface area contributed by atoms with Crippen LogP contribution in [-0.2, 0) is 0 Å². The van der Waals surface area contributed by atoms with Crippen LogP contribution in [0.2, 0.25) is 0 Å². The first-order valence-electron chi connectivity index (χ1n) is 7.94. The van der Waals surface area contributed by atoms with E-state index in [-0.39, 0.29) is 11.6 Å². The third-order valence-electron chi connectivity index (χ3n) is 3.67. The number of rotatable bonds is 5. The standard InChI is InChI=1S/C19H18F2N4O/c1-11-7-8-16(26-3)15(9-11)23-17-10-12(2)22-19(24-17)25-18-13(20)5-4-6-14(18)21/h4-10H,1-3H3,(H2,22,23,24,25). The number of nitrogens with zero attached hydrogens (tertiary/aromatic N) is 2. The van der Waals surface area contributed by atoms with E-state index in [9.17, 15) is 8.78 Å². The van der Waals surface area contributed by atoms with Gasteiger partial charge in [0.05, 0.1) is 12.8 Å². The van der Waals surface area contributed by atoms with Gasteiger partial charge in [-0.25, -0.2) is 13.8 Å². The molecule has 3 rings (SSSR count). The Labute approximate surface area is 150 Å². The molecule has 3 aromatic rings. The molecule has 7 heteroatoms. The van der Waals surface area contributed by atoms with Crippen LogP contribution in [0.3, 0.4) is 0 Å². The van der Waals surface area contributed by atoms with Crippen molar-refractivity contribution in [1.29, 1.82) is 0 Å². The van der Waals surface area contributed by atoms with E-state index in [2.05, 4.69) is 20.6 Å². The minimum absolute atomic E-state index is 0.0862. The van der Waals surface area contributed by atoms with Crippen molar-refractivity contribution in [2.45, 2.75) is 13.8 Å². The summed E-state index contributed by atoms with van der Waals surface area (Å²) in [6.45, 7) is 3.73. The van der Waals surface area contributed by atoms with Crippen molar-refractivity contribution in [1.82, 2.24) is 9.97 Å². The molecule has 0 amide bonds. The van der Waals surface area contributed by atoms with Crippen molar-refractivity contribution >= 4 is 23.1 Å². The highest BCUT2D eigenvalue weighted by molar-refractivity contribution is 5.66. The Balaban J connectivity index is 1.92. The number of hydrogen-bond donors (Lipinski definition) is 2. The highest BCUT2D eigenvalue weighted by Crippen LogP contribution is 2.29. The molecule has 0 bridgehead atoms. The van der Waals surface area contributed by atoms with Crippen LogP contribution in [0.5, 0.6) is 5.75 Å². The maximum Gasteiger partial charge on any atom is 0.229 e. The van der Waals surface area contributed by atoms with Crippen LogP contribution in [0.25, 0.3) is 0 Å². The molecule has 134 valence electrons. The van der Waals surface area contributed by atoms with E-state index >= 15 is 0 Å². The lowest BCUT2D eigenvalue weighted by Crippen LogP contribution is -2.05. The molecule has 0 fully saturated rings. The highest BCUT2D eigenvalue weighted by Gasteiger charge is 2.12. The van der Waals surface area contributed by atoms with Gasteiger partial charge < -0.3 is 15.4 Å². The van der Waals surface area contributed by atoms with Crippen LogP contribution in [0.15, 0.2) is 42.5 Å². The van der Waals surface area contributed by atoms with Gasteiger partial charge in [0.1, 0.15) is 28.9 Å². The number of halogens is 2. The minimum atomic E-state index is -0.718. The number of anilines is 4. The van der Waals surface area contributed by atoms with E-state index in [1.807, 2.05) is 25.1 Å². The first kappa shape index (κ1) is 17.6. The molecule has 0 aliphatic heterocycles. The molecule has 0 atom stereocenters. The van der Waals surface area contributed by atoms with E-state index in [4.69, 9.17) is 4.74 Å². The molecule has 5 nitrogen and oxygen atoms in total. The molecule has 0 saturated carbocycles. The summed E-state index contributed by atoms with van der Waals surface area (Å²) in [4.78, 5) is 8.48. The molecule has 2 N–H and O–H groups in total. The van der Waals surface area contributed by atoms with Gasteiger partial charge in [-0.05, 0) is 43.7 Å². The van der Waals surface area contributed by atoms with Crippen molar-refractivity contribution in [3.05, 3.63) is 65.4 Å². The Morgan fingerprint density at radius 1 is 0.923 bits per heavy atom. The van der Waals surface area contributed by atoms with Gasteiger partial charge in [0, 0.05) is 11.8 Å². The molecule has 1 heterocycles. The van der Waals surface area contributed by atoms with Crippen molar-refractivity contribution in [3.8, 4) is 5.75 Å². The largest absolute Gasteiger partial charge is 0.495 e. The number of methoxy groups -OCH3 is 1. The third-order valence-corrected chi connectivity index (χ3v) is 3.67. The second kappa shape index (κ2) is 7.35. The maximum atomic E-state index is 13.8. The molecule has 0 spiro atoms. The summed E-state index contributed by atoms with van der Waals surface area (Å²) in [5.74, 6) is -0.222. The zero-order chi connectivity index (χ0) is 18.7. The maximum absolute atomic E-state index is 13.8. The van der Waals surface area contributed by atoms with E-state index in [0.717, 1.165) is 23.4 Å². The van der Waals surface area contributed by atoms with Gasteiger partial charge in [0.15, 0.2) is 0 Å². The number of benzene rings is 2. The molecule has 0 aliphatic rings. The number of aryl methyl sites for hydroxylation is 2. The summed E-state index contributed by atoms with van der Waals surface area (Å²) in [6, 6.07) is 11.0. The Morgan fingerprint density at radius 2 is 1.65 bits per heavy atom. The quantitative estimate of drug-likeness (QED) is 0.683. The minimum Gasteiger partial charge on any atom is -0.495 e. The van der Waals surface area contributed by atoms with Gasteiger partial charge >= 0.3 is 0 Å². The number of nitrogens with one attached hydrogen (secondary N) is 2. The molecule has 0 saturated heterocycles. The monoisotopic (exact) mass is 356 g/mol. The Kier molecular flexibility index (Phi) is 4.97. The predicted octanol–water partition coefficient (Wildman–Crippen LogP) is 4.87. The lowest BCUT2D eigenvalue weighted by Gasteiger charge is -2.13. The lowest BCUT2D eigenvalue weighted by atomic mass is 10.2. The van der Waals surface area contributed by atoms with E-state index in [1.54, 1.807) is 20.1 Å². The zero-order valence-corrected chi connectivity index (χ0v) is 14.6.